The molecule has 3 heteroatoms. The quantitative estimate of drug-likeness (QED) is 0.813. The molecule has 0 spiro atoms. The van der Waals surface area contributed by atoms with Crippen molar-refractivity contribution in [2.45, 2.75) is 33.0 Å². The van der Waals surface area contributed by atoms with Crippen LogP contribution in [0.15, 0.2) is 60.7 Å². The zero-order valence-corrected chi connectivity index (χ0v) is 14.9. The molecule has 0 saturated carbocycles. The highest BCUT2D eigenvalue weighted by Gasteiger charge is 2.22. The van der Waals surface area contributed by atoms with Crippen molar-refractivity contribution in [3.8, 4) is 0 Å². The third-order valence-corrected chi connectivity index (χ3v) is 3.93. The van der Waals surface area contributed by atoms with Crippen molar-refractivity contribution in [2.75, 3.05) is 19.6 Å². The first-order valence-electron chi connectivity index (χ1n) is 8.53. The molecular weight excluding hydrogens is 298 g/mol. The SMILES string of the molecule is CC(C)(C)CN(C[C@H](O)c1ccccc1)C[C@H](O)c1ccccc1. The van der Waals surface area contributed by atoms with Gasteiger partial charge in [-0.3, -0.25) is 4.90 Å². The van der Waals surface area contributed by atoms with Gasteiger partial charge in [0.05, 0.1) is 12.2 Å². The standard InChI is InChI=1S/C21H29NO2/c1-21(2,3)16-22(14-19(23)17-10-6-4-7-11-17)15-20(24)18-12-8-5-9-13-18/h4-13,19-20,23-24H,14-16H2,1-3H3/t19-,20-/m0/s1. The number of rotatable bonds is 7. The van der Waals surface area contributed by atoms with Gasteiger partial charge < -0.3 is 10.2 Å². The lowest BCUT2D eigenvalue weighted by Gasteiger charge is -2.33. The van der Waals surface area contributed by atoms with E-state index in [9.17, 15) is 10.2 Å². The Hall–Kier alpha value is -1.68. The summed E-state index contributed by atoms with van der Waals surface area (Å²) in [4.78, 5) is 2.15. The van der Waals surface area contributed by atoms with E-state index in [1.54, 1.807) is 0 Å². The van der Waals surface area contributed by atoms with Crippen molar-refractivity contribution >= 4 is 0 Å². The van der Waals surface area contributed by atoms with E-state index in [1.165, 1.54) is 0 Å². The molecule has 2 atom stereocenters. The van der Waals surface area contributed by atoms with Crippen molar-refractivity contribution in [2.24, 2.45) is 5.41 Å². The van der Waals surface area contributed by atoms with Crippen molar-refractivity contribution in [3.63, 3.8) is 0 Å². The summed E-state index contributed by atoms with van der Waals surface area (Å²) in [6, 6.07) is 19.4. The van der Waals surface area contributed by atoms with E-state index in [0.29, 0.717) is 13.1 Å². The van der Waals surface area contributed by atoms with E-state index >= 15 is 0 Å². The number of aliphatic hydroxyl groups excluding tert-OH is 2. The Morgan fingerprint density at radius 2 is 1.12 bits per heavy atom. The smallest absolute Gasteiger partial charge is 0.0916 e. The molecule has 0 saturated heterocycles. The molecule has 2 rings (SSSR count). The third-order valence-electron chi connectivity index (χ3n) is 3.93. The van der Waals surface area contributed by atoms with Crippen LogP contribution in [0.5, 0.6) is 0 Å². The first-order chi connectivity index (χ1) is 11.3. The summed E-state index contributed by atoms with van der Waals surface area (Å²) in [5, 5.41) is 21.1. The second kappa shape index (κ2) is 8.43. The van der Waals surface area contributed by atoms with Gasteiger partial charge >= 0.3 is 0 Å². The molecule has 2 aromatic rings. The van der Waals surface area contributed by atoms with Crippen LogP contribution >= 0.6 is 0 Å². The van der Waals surface area contributed by atoms with E-state index in [2.05, 4.69) is 25.7 Å². The minimum atomic E-state index is -0.559. The Labute approximate surface area is 145 Å². The molecule has 0 amide bonds. The van der Waals surface area contributed by atoms with Gasteiger partial charge in [-0.15, -0.1) is 0 Å². The number of nitrogens with zero attached hydrogens (tertiary/aromatic N) is 1. The molecule has 0 unspecified atom stereocenters. The van der Waals surface area contributed by atoms with Gasteiger partial charge in [-0.2, -0.15) is 0 Å². The van der Waals surface area contributed by atoms with Gasteiger partial charge in [0.15, 0.2) is 0 Å². The van der Waals surface area contributed by atoms with Gasteiger partial charge in [-0.1, -0.05) is 81.4 Å². The summed E-state index contributed by atoms with van der Waals surface area (Å²) in [6.07, 6.45) is -1.12. The Kier molecular flexibility index (Phi) is 6.55. The monoisotopic (exact) mass is 327 g/mol. The van der Waals surface area contributed by atoms with Gasteiger partial charge in [-0.05, 0) is 16.5 Å². The van der Waals surface area contributed by atoms with E-state index in [1.807, 2.05) is 60.7 Å². The Balaban J connectivity index is 2.07. The second-order valence-corrected chi connectivity index (χ2v) is 7.61. The molecule has 0 radical (unpaired) electrons. The van der Waals surface area contributed by atoms with E-state index in [0.717, 1.165) is 17.7 Å². The molecule has 2 N–H and O–H groups in total. The maximum absolute atomic E-state index is 10.5. The maximum Gasteiger partial charge on any atom is 0.0916 e. The summed E-state index contributed by atoms with van der Waals surface area (Å²) in [7, 11) is 0. The van der Waals surface area contributed by atoms with Crippen LogP contribution in [0.4, 0.5) is 0 Å². The normalized spacial score (nSPS) is 14.6. The van der Waals surface area contributed by atoms with Crippen LogP contribution in [-0.2, 0) is 0 Å². The Bertz CT molecular complexity index is 545. The average molecular weight is 327 g/mol. The summed E-state index contributed by atoms with van der Waals surface area (Å²) in [6.45, 7) is 8.33. The molecule has 0 bridgehead atoms. The zero-order valence-electron chi connectivity index (χ0n) is 14.9. The molecule has 2 aromatic carbocycles. The lowest BCUT2D eigenvalue weighted by atomic mass is 9.95. The molecule has 0 aliphatic rings. The molecule has 0 heterocycles. The van der Waals surface area contributed by atoms with E-state index in [4.69, 9.17) is 0 Å². The van der Waals surface area contributed by atoms with E-state index in [-0.39, 0.29) is 5.41 Å². The van der Waals surface area contributed by atoms with Crippen LogP contribution in [0.2, 0.25) is 0 Å². The van der Waals surface area contributed by atoms with Gasteiger partial charge in [0.1, 0.15) is 0 Å². The first-order valence-corrected chi connectivity index (χ1v) is 8.53. The highest BCUT2D eigenvalue weighted by Crippen LogP contribution is 2.22. The molecule has 0 fully saturated rings. The molecule has 3 nitrogen and oxygen atoms in total. The van der Waals surface area contributed by atoms with Crippen LogP contribution in [0, 0.1) is 5.41 Å². The van der Waals surface area contributed by atoms with Gasteiger partial charge in [0.2, 0.25) is 0 Å². The van der Waals surface area contributed by atoms with Crippen molar-refractivity contribution in [3.05, 3.63) is 71.8 Å². The maximum atomic E-state index is 10.5. The average Bonchev–Trinajstić information content (AvgIpc) is 2.55. The molecule has 0 aliphatic carbocycles. The summed E-state index contributed by atoms with van der Waals surface area (Å²) in [5.74, 6) is 0. The number of aliphatic hydroxyl groups is 2. The largest absolute Gasteiger partial charge is 0.387 e. The number of benzene rings is 2. The fourth-order valence-corrected chi connectivity index (χ4v) is 2.92. The minimum Gasteiger partial charge on any atom is -0.387 e. The fraction of sp³-hybridized carbons (Fsp3) is 0.429. The Morgan fingerprint density at radius 3 is 1.46 bits per heavy atom. The second-order valence-electron chi connectivity index (χ2n) is 7.61. The minimum absolute atomic E-state index is 0.0901. The molecule has 0 aliphatic heterocycles. The highest BCUT2D eigenvalue weighted by molar-refractivity contribution is 5.19. The van der Waals surface area contributed by atoms with Crippen LogP contribution < -0.4 is 0 Å². The summed E-state index contributed by atoms with van der Waals surface area (Å²) in [5.41, 5.74) is 1.91. The van der Waals surface area contributed by atoms with E-state index < -0.39 is 12.2 Å². The van der Waals surface area contributed by atoms with Crippen molar-refractivity contribution < 1.29 is 10.2 Å². The first kappa shape index (κ1) is 18.7. The summed E-state index contributed by atoms with van der Waals surface area (Å²) >= 11 is 0. The van der Waals surface area contributed by atoms with Crippen molar-refractivity contribution in [1.82, 2.24) is 4.90 Å². The summed E-state index contributed by atoms with van der Waals surface area (Å²) < 4.78 is 0. The zero-order chi connectivity index (χ0) is 17.6. The lowest BCUT2D eigenvalue weighted by molar-refractivity contribution is 0.0510. The third kappa shape index (κ3) is 6.08. The van der Waals surface area contributed by atoms with Crippen molar-refractivity contribution in [1.29, 1.82) is 0 Å². The van der Waals surface area contributed by atoms with Gasteiger partial charge in [0.25, 0.3) is 0 Å². The molecule has 0 aromatic heterocycles. The van der Waals surface area contributed by atoms with Crippen LogP contribution in [0.1, 0.15) is 44.1 Å². The van der Waals surface area contributed by atoms with Crippen LogP contribution in [0.25, 0.3) is 0 Å². The number of hydrogen-bond donors (Lipinski definition) is 2. The van der Waals surface area contributed by atoms with Crippen LogP contribution in [0.3, 0.4) is 0 Å². The molecular formula is C21H29NO2. The fourth-order valence-electron chi connectivity index (χ4n) is 2.92. The predicted octanol–water partition coefficient (Wildman–Crippen LogP) is 3.80. The van der Waals surface area contributed by atoms with Crippen LogP contribution in [-0.4, -0.2) is 34.7 Å². The van der Waals surface area contributed by atoms with Gasteiger partial charge in [0, 0.05) is 19.6 Å². The highest BCUT2D eigenvalue weighted by atomic mass is 16.3. The molecule has 24 heavy (non-hydrogen) atoms. The molecule has 130 valence electrons. The lowest BCUT2D eigenvalue weighted by Crippen LogP contribution is -2.38. The predicted molar refractivity (Wildman–Crippen MR) is 98.7 cm³/mol. The Morgan fingerprint density at radius 1 is 0.750 bits per heavy atom. The van der Waals surface area contributed by atoms with Gasteiger partial charge in [-0.25, -0.2) is 0 Å². The topological polar surface area (TPSA) is 43.7 Å². The number of hydrogen-bond acceptors (Lipinski definition) is 3.